The van der Waals surface area contributed by atoms with Crippen LogP contribution in [0.25, 0.3) is 0 Å². The van der Waals surface area contributed by atoms with Crippen LogP contribution in [0.5, 0.6) is 23.0 Å². The number of aryl methyl sites for hydroxylation is 1. The fourth-order valence-electron chi connectivity index (χ4n) is 4.41. The maximum absolute atomic E-state index is 13.5. The fourth-order valence-corrected chi connectivity index (χ4v) is 4.41. The third-order valence-electron chi connectivity index (χ3n) is 5.95. The maximum atomic E-state index is 13.5. The highest BCUT2D eigenvalue weighted by molar-refractivity contribution is 5.56. The molecule has 3 aromatic rings. The topological polar surface area (TPSA) is 114 Å². The van der Waals surface area contributed by atoms with E-state index >= 15 is 0 Å². The molecule has 0 saturated heterocycles. The molecule has 2 heterocycles. The number of phenols is 1. The summed E-state index contributed by atoms with van der Waals surface area (Å²) in [7, 11) is 0. The Labute approximate surface area is 192 Å². The number of aromatic nitrogens is 2. The zero-order chi connectivity index (χ0) is 24.4. The van der Waals surface area contributed by atoms with Gasteiger partial charge in [0.2, 0.25) is 0 Å². The summed E-state index contributed by atoms with van der Waals surface area (Å²) >= 11 is 0. The van der Waals surface area contributed by atoms with Crippen molar-refractivity contribution in [1.82, 2.24) is 9.13 Å². The summed E-state index contributed by atoms with van der Waals surface area (Å²) in [6, 6.07) is 7.27. The second-order valence-corrected chi connectivity index (χ2v) is 7.84. The molecule has 2 aromatic heterocycles. The van der Waals surface area contributed by atoms with Crippen LogP contribution in [0.4, 0.5) is 0 Å². The van der Waals surface area contributed by atoms with E-state index in [-0.39, 0.29) is 34.1 Å². The van der Waals surface area contributed by atoms with Gasteiger partial charge in [-0.3, -0.25) is 9.59 Å². The molecule has 3 rings (SSSR count). The molecule has 0 amide bonds. The molecule has 3 N–H and O–H groups in total. The average Bonchev–Trinajstić information content (AvgIpc) is 2.74. The second kappa shape index (κ2) is 9.44. The lowest BCUT2D eigenvalue weighted by molar-refractivity contribution is 0.317. The Hall–Kier alpha value is -3.68. The van der Waals surface area contributed by atoms with Gasteiger partial charge in [-0.15, -0.1) is 0 Å². The van der Waals surface area contributed by atoms with Crippen LogP contribution in [0, 0.1) is 13.8 Å². The molecular weight excluding hydrogens is 424 g/mol. The van der Waals surface area contributed by atoms with E-state index in [9.17, 15) is 24.9 Å². The third-order valence-corrected chi connectivity index (χ3v) is 5.95. The summed E-state index contributed by atoms with van der Waals surface area (Å²) in [6.07, 6.45) is 0. The van der Waals surface area contributed by atoms with Crippen molar-refractivity contribution in [1.29, 1.82) is 0 Å². The van der Waals surface area contributed by atoms with Crippen molar-refractivity contribution in [3.05, 3.63) is 79.1 Å². The zero-order valence-corrected chi connectivity index (χ0v) is 19.5. The summed E-state index contributed by atoms with van der Waals surface area (Å²) in [5, 5.41) is 32.0. The van der Waals surface area contributed by atoms with Gasteiger partial charge in [0, 0.05) is 42.0 Å². The van der Waals surface area contributed by atoms with E-state index in [1.165, 1.54) is 21.3 Å². The molecule has 0 radical (unpaired) electrons. The minimum Gasteiger partial charge on any atom is -0.507 e. The monoisotopic (exact) mass is 454 g/mol. The summed E-state index contributed by atoms with van der Waals surface area (Å²) in [6.45, 7) is 9.92. The van der Waals surface area contributed by atoms with Gasteiger partial charge in [-0.2, -0.15) is 0 Å². The lowest BCUT2D eigenvalue weighted by Crippen LogP contribution is -2.29. The SMILES string of the molecule is CCOc1cc(C(c2c(O)cc(=O)n(CC)c2C)c2c(O)cc(C)n(CC)c2=O)ccc1O. The van der Waals surface area contributed by atoms with Gasteiger partial charge < -0.3 is 29.2 Å². The first kappa shape index (κ1) is 24.0. The van der Waals surface area contributed by atoms with Gasteiger partial charge in [-0.05, 0) is 58.4 Å². The molecule has 0 bridgehead atoms. The van der Waals surface area contributed by atoms with Gasteiger partial charge in [-0.25, -0.2) is 0 Å². The maximum Gasteiger partial charge on any atom is 0.258 e. The number of hydrogen-bond donors (Lipinski definition) is 3. The molecule has 176 valence electrons. The number of hydrogen-bond acceptors (Lipinski definition) is 6. The molecule has 0 aliphatic rings. The van der Waals surface area contributed by atoms with E-state index in [4.69, 9.17) is 4.74 Å². The standard InChI is InChI=1S/C25H30N2O6/c1-6-26-14(4)11-18(29)24(25(26)32)23(16-9-10-17(28)20(12-16)33-8-3)22-15(5)27(7-2)21(31)13-19(22)30/h9-13,23,28-30H,6-8H2,1-5H3. The molecule has 33 heavy (non-hydrogen) atoms. The van der Waals surface area contributed by atoms with Gasteiger partial charge in [-0.1, -0.05) is 6.07 Å². The fraction of sp³-hybridized carbons (Fsp3) is 0.360. The number of nitrogens with zero attached hydrogens (tertiary/aromatic N) is 2. The molecular formula is C25H30N2O6. The molecule has 1 aromatic carbocycles. The average molecular weight is 455 g/mol. The predicted molar refractivity (Wildman–Crippen MR) is 126 cm³/mol. The Morgan fingerprint density at radius 2 is 1.48 bits per heavy atom. The Balaban J connectivity index is 2.48. The Kier molecular flexibility index (Phi) is 6.86. The molecule has 0 spiro atoms. The van der Waals surface area contributed by atoms with Crippen LogP contribution in [-0.4, -0.2) is 31.1 Å². The van der Waals surface area contributed by atoms with Gasteiger partial charge in [0.1, 0.15) is 11.5 Å². The van der Waals surface area contributed by atoms with Crippen molar-refractivity contribution in [3.63, 3.8) is 0 Å². The Morgan fingerprint density at radius 1 is 0.848 bits per heavy atom. The smallest absolute Gasteiger partial charge is 0.258 e. The number of phenolic OH excluding ortho intramolecular Hbond substituents is 1. The van der Waals surface area contributed by atoms with Crippen LogP contribution < -0.4 is 15.9 Å². The molecule has 1 atom stereocenters. The van der Waals surface area contributed by atoms with Crippen molar-refractivity contribution in [2.45, 2.75) is 53.6 Å². The number of rotatable bonds is 7. The molecule has 0 aliphatic heterocycles. The number of aromatic hydroxyl groups is 3. The van der Waals surface area contributed by atoms with Gasteiger partial charge >= 0.3 is 0 Å². The van der Waals surface area contributed by atoms with Crippen LogP contribution in [-0.2, 0) is 13.1 Å². The highest BCUT2D eigenvalue weighted by Gasteiger charge is 2.30. The normalized spacial score (nSPS) is 12.0. The van der Waals surface area contributed by atoms with E-state index < -0.39 is 11.5 Å². The Bertz CT molecular complexity index is 1310. The van der Waals surface area contributed by atoms with Gasteiger partial charge in [0.25, 0.3) is 11.1 Å². The van der Waals surface area contributed by atoms with Crippen LogP contribution in [0.3, 0.4) is 0 Å². The number of ether oxygens (including phenoxy) is 1. The second-order valence-electron chi connectivity index (χ2n) is 7.84. The quantitative estimate of drug-likeness (QED) is 0.504. The summed E-state index contributed by atoms with van der Waals surface area (Å²) < 4.78 is 8.57. The highest BCUT2D eigenvalue weighted by atomic mass is 16.5. The summed E-state index contributed by atoms with van der Waals surface area (Å²) in [5.41, 5.74) is 1.20. The van der Waals surface area contributed by atoms with E-state index in [1.54, 1.807) is 32.9 Å². The highest BCUT2D eigenvalue weighted by Crippen LogP contribution is 2.42. The molecule has 0 aliphatic carbocycles. The van der Waals surface area contributed by atoms with Crippen LogP contribution in [0.15, 0.2) is 39.9 Å². The van der Waals surface area contributed by atoms with Crippen LogP contribution in [0.2, 0.25) is 0 Å². The van der Waals surface area contributed by atoms with Crippen LogP contribution in [0.1, 0.15) is 54.8 Å². The lowest BCUT2D eigenvalue weighted by Gasteiger charge is -2.25. The zero-order valence-electron chi connectivity index (χ0n) is 19.5. The molecule has 8 heteroatoms. The predicted octanol–water partition coefficient (Wildman–Crippen LogP) is 3.36. The molecule has 0 saturated carbocycles. The number of pyridine rings is 2. The largest absolute Gasteiger partial charge is 0.507 e. The van der Waals surface area contributed by atoms with E-state index in [1.807, 2.05) is 13.8 Å². The van der Waals surface area contributed by atoms with Crippen LogP contribution >= 0.6 is 0 Å². The van der Waals surface area contributed by atoms with Gasteiger partial charge in [0.15, 0.2) is 11.5 Å². The summed E-state index contributed by atoms with van der Waals surface area (Å²) in [5.74, 6) is -1.28. The van der Waals surface area contributed by atoms with Crippen molar-refractivity contribution in [3.8, 4) is 23.0 Å². The molecule has 1 unspecified atom stereocenters. The van der Waals surface area contributed by atoms with E-state index in [0.717, 1.165) is 6.07 Å². The Morgan fingerprint density at radius 3 is 2.09 bits per heavy atom. The minimum atomic E-state index is -0.922. The van der Waals surface area contributed by atoms with Crippen molar-refractivity contribution in [2.24, 2.45) is 0 Å². The first-order valence-electron chi connectivity index (χ1n) is 11.0. The lowest BCUT2D eigenvalue weighted by atomic mass is 9.83. The first-order chi connectivity index (χ1) is 15.7. The van der Waals surface area contributed by atoms with E-state index in [2.05, 4.69) is 0 Å². The molecule has 0 fully saturated rings. The number of benzene rings is 1. The van der Waals surface area contributed by atoms with Crippen molar-refractivity contribution in [2.75, 3.05) is 6.61 Å². The van der Waals surface area contributed by atoms with Crippen molar-refractivity contribution >= 4 is 0 Å². The molecule has 8 nitrogen and oxygen atoms in total. The van der Waals surface area contributed by atoms with E-state index in [0.29, 0.717) is 42.2 Å². The van der Waals surface area contributed by atoms with Gasteiger partial charge in [0.05, 0.1) is 12.2 Å². The minimum absolute atomic E-state index is 0.0651. The third kappa shape index (κ3) is 4.20. The first-order valence-corrected chi connectivity index (χ1v) is 11.0. The summed E-state index contributed by atoms with van der Waals surface area (Å²) in [4.78, 5) is 26.0. The van der Waals surface area contributed by atoms with Crippen molar-refractivity contribution < 1.29 is 20.1 Å².